The fraction of sp³-hybridized carbons (Fsp3) is 0.900. The van der Waals surface area contributed by atoms with Crippen LogP contribution < -0.4 is 5.32 Å². The first kappa shape index (κ1) is 9.77. The Morgan fingerprint density at radius 1 is 1.57 bits per heavy atom. The van der Waals surface area contributed by atoms with E-state index in [1.807, 2.05) is 4.90 Å². The van der Waals surface area contributed by atoms with Crippen molar-refractivity contribution in [3.8, 4) is 0 Å². The maximum absolute atomic E-state index is 11.3. The highest BCUT2D eigenvalue weighted by Gasteiger charge is 2.36. The molecule has 2 amide bonds. The molecular formula is C10H18N2O2. The Bertz CT molecular complexity index is 230. The lowest BCUT2D eigenvalue weighted by Crippen LogP contribution is -2.44. The highest BCUT2D eigenvalue weighted by molar-refractivity contribution is 5.77. The van der Waals surface area contributed by atoms with Crippen LogP contribution in [0.1, 0.15) is 26.7 Å². The summed E-state index contributed by atoms with van der Waals surface area (Å²) in [5, 5.41) is 2.87. The van der Waals surface area contributed by atoms with E-state index in [1.165, 1.54) is 0 Å². The van der Waals surface area contributed by atoms with E-state index in [9.17, 15) is 4.79 Å². The zero-order chi connectivity index (χ0) is 10.1. The van der Waals surface area contributed by atoms with Gasteiger partial charge in [0, 0.05) is 13.1 Å². The molecule has 0 aromatic heterocycles. The zero-order valence-corrected chi connectivity index (χ0v) is 8.82. The molecule has 0 radical (unpaired) electrons. The quantitative estimate of drug-likeness (QED) is 0.718. The van der Waals surface area contributed by atoms with Crippen LogP contribution in [0.2, 0.25) is 0 Å². The smallest absolute Gasteiger partial charge is 0.317 e. The number of hydrogen-bond donors (Lipinski definition) is 1. The molecule has 1 N–H and O–H groups in total. The van der Waals surface area contributed by atoms with Gasteiger partial charge in [-0.05, 0) is 26.7 Å². The summed E-state index contributed by atoms with van der Waals surface area (Å²) >= 11 is 0. The van der Waals surface area contributed by atoms with Gasteiger partial charge in [0.15, 0.2) is 0 Å². The van der Waals surface area contributed by atoms with Crippen molar-refractivity contribution in [3.05, 3.63) is 0 Å². The van der Waals surface area contributed by atoms with Crippen molar-refractivity contribution >= 4 is 6.03 Å². The molecule has 0 unspecified atom stereocenters. The Morgan fingerprint density at radius 3 is 3.07 bits per heavy atom. The van der Waals surface area contributed by atoms with Gasteiger partial charge in [-0.15, -0.1) is 0 Å². The van der Waals surface area contributed by atoms with E-state index < -0.39 is 0 Å². The van der Waals surface area contributed by atoms with Gasteiger partial charge in [-0.1, -0.05) is 0 Å². The number of ether oxygens (including phenoxy) is 1. The fourth-order valence-corrected chi connectivity index (χ4v) is 2.29. The van der Waals surface area contributed by atoms with Crippen LogP contribution in [0, 0.1) is 0 Å². The van der Waals surface area contributed by atoms with Gasteiger partial charge < -0.3 is 15.0 Å². The first-order valence-electron chi connectivity index (χ1n) is 5.36. The summed E-state index contributed by atoms with van der Waals surface area (Å²) < 4.78 is 5.77. The zero-order valence-electron chi connectivity index (χ0n) is 8.82. The van der Waals surface area contributed by atoms with E-state index in [1.54, 1.807) is 0 Å². The van der Waals surface area contributed by atoms with Crippen LogP contribution >= 0.6 is 0 Å². The van der Waals surface area contributed by atoms with E-state index in [0.29, 0.717) is 12.1 Å². The Kier molecular flexibility index (Phi) is 2.63. The minimum absolute atomic E-state index is 0.0954. The molecule has 14 heavy (non-hydrogen) atoms. The Hall–Kier alpha value is -0.770. The molecule has 4 nitrogen and oxygen atoms in total. The number of nitrogens with zero attached hydrogens (tertiary/aromatic N) is 1. The number of carbonyl (C=O) groups is 1. The summed E-state index contributed by atoms with van der Waals surface area (Å²) in [4.78, 5) is 13.2. The van der Waals surface area contributed by atoms with Crippen molar-refractivity contribution < 1.29 is 9.53 Å². The standard InChI is InChI=1S/C10H18N2O2/c1-7(2)14-9-3-4-12-8(5-9)6-11-10(12)13/h7-9H,3-6H2,1-2H3,(H,11,13)/t8-,9+/m1/s1. The second kappa shape index (κ2) is 3.77. The number of hydrogen-bond acceptors (Lipinski definition) is 2. The van der Waals surface area contributed by atoms with E-state index in [0.717, 1.165) is 25.9 Å². The molecular weight excluding hydrogens is 180 g/mol. The Balaban J connectivity index is 1.89. The number of rotatable bonds is 2. The number of fused-ring (bicyclic) bond motifs is 1. The maximum Gasteiger partial charge on any atom is 0.317 e. The maximum atomic E-state index is 11.3. The Morgan fingerprint density at radius 2 is 2.36 bits per heavy atom. The summed E-state index contributed by atoms with van der Waals surface area (Å²) in [6, 6.07) is 0.456. The highest BCUT2D eigenvalue weighted by Crippen LogP contribution is 2.23. The van der Waals surface area contributed by atoms with E-state index in [2.05, 4.69) is 19.2 Å². The van der Waals surface area contributed by atoms with Crippen molar-refractivity contribution in [2.24, 2.45) is 0 Å². The van der Waals surface area contributed by atoms with Crippen molar-refractivity contribution in [2.75, 3.05) is 13.1 Å². The van der Waals surface area contributed by atoms with Crippen LogP contribution in [0.5, 0.6) is 0 Å². The molecule has 0 aromatic rings. The van der Waals surface area contributed by atoms with Gasteiger partial charge in [0.05, 0.1) is 18.2 Å². The number of carbonyl (C=O) groups excluding carboxylic acids is 1. The van der Waals surface area contributed by atoms with Crippen LogP contribution in [0.25, 0.3) is 0 Å². The molecule has 2 aliphatic rings. The summed E-state index contributed by atoms with van der Waals surface area (Å²) in [5.41, 5.74) is 0. The van der Waals surface area contributed by atoms with Gasteiger partial charge in [-0.25, -0.2) is 4.79 Å². The second-order valence-corrected chi connectivity index (χ2v) is 4.36. The summed E-state index contributed by atoms with van der Waals surface area (Å²) in [6.07, 6.45) is 2.58. The summed E-state index contributed by atoms with van der Waals surface area (Å²) in [7, 11) is 0. The SMILES string of the molecule is CC(C)O[C@H]1CCN2C(=O)NC[C@H]2C1. The van der Waals surface area contributed by atoms with Gasteiger partial charge in [0.25, 0.3) is 0 Å². The monoisotopic (exact) mass is 198 g/mol. The van der Waals surface area contributed by atoms with E-state index in [-0.39, 0.29) is 12.1 Å². The predicted octanol–water partition coefficient (Wildman–Crippen LogP) is 0.968. The van der Waals surface area contributed by atoms with Crippen LogP contribution in [0.3, 0.4) is 0 Å². The van der Waals surface area contributed by atoms with Gasteiger partial charge in [0.2, 0.25) is 0 Å². The Labute approximate surface area is 84.6 Å². The highest BCUT2D eigenvalue weighted by atomic mass is 16.5. The molecule has 2 aliphatic heterocycles. The first-order valence-corrected chi connectivity index (χ1v) is 5.36. The van der Waals surface area contributed by atoms with Gasteiger partial charge in [0.1, 0.15) is 0 Å². The summed E-state index contributed by atoms with van der Waals surface area (Å²) in [6.45, 7) is 5.75. The van der Waals surface area contributed by atoms with Gasteiger partial charge in [-0.3, -0.25) is 0 Å². The van der Waals surface area contributed by atoms with Crippen LogP contribution in [-0.2, 0) is 4.74 Å². The molecule has 0 bridgehead atoms. The lowest BCUT2D eigenvalue weighted by molar-refractivity contribution is -0.0298. The average Bonchev–Trinajstić information content (AvgIpc) is 2.46. The lowest BCUT2D eigenvalue weighted by atomic mass is 10.0. The number of urea groups is 1. The van der Waals surface area contributed by atoms with E-state index in [4.69, 9.17) is 4.74 Å². The van der Waals surface area contributed by atoms with Crippen molar-refractivity contribution in [1.82, 2.24) is 10.2 Å². The van der Waals surface area contributed by atoms with Crippen molar-refractivity contribution in [2.45, 2.75) is 44.9 Å². The third-order valence-electron chi connectivity index (χ3n) is 2.88. The molecule has 0 aromatic carbocycles. The third-order valence-corrected chi connectivity index (χ3v) is 2.88. The molecule has 2 rings (SSSR count). The van der Waals surface area contributed by atoms with Gasteiger partial charge in [-0.2, -0.15) is 0 Å². The van der Waals surface area contributed by atoms with E-state index >= 15 is 0 Å². The molecule has 4 heteroatoms. The average molecular weight is 198 g/mol. The molecule has 2 atom stereocenters. The van der Waals surface area contributed by atoms with Crippen LogP contribution in [0.4, 0.5) is 4.79 Å². The number of piperidine rings is 1. The van der Waals surface area contributed by atoms with Crippen LogP contribution in [0.15, 0.2) is 0 Å². The van der Waals surface area contributed by atoms with Crippen LogP contribution in [-0.4, -0.2) is 42.3 Å². The van der Waals surface area contributed by atoms with Crippen molar-refractivity contribution in [3.63, 3.8) is 0 Å². The fourth-order valence-electron chi connectivity index (χ4n) is 2.29. The normalized spacial score (nSPS) is 31.9. The summed E-state index contributed by atoms with van der Waals surface area (Å²) in [5.74, 6) is 0. The molecule has 0 spiro atoms. The molecule has 2 saturated heterocycles. The third kappa shape index (κ3) is 1.85. The number of amides is 2. The minimum Gasteiger partial charge on any atom is -0.375 e. The van der Waals surface area contributed by atoms with Crippen molar-refractivity contribution in [1.29, 1.82) is 0 Å². The molecule has 2 heterocycles. The topological polar surface area (TPSA) is 41.6 Å². The molecule has 80 valence electrons. The lowest BCUT2D eigenvalue weighted by Gasteiger charge is -2.34. The second-order valence-electron chi connectivity index (χ2n) is 4.36. The predicted molar refractivity (Wildman–Crippen MR) is 53.1 cm³/mol. The molecule has 0 saturated carbocycles. The largest absolute Gasteiger partial charge is 0.375 e. The first-order chi connectivity index (χ1) is 6.66. The van der Waals surface area contributed by atoms with Gasteiger partial charge >= 0.3 is 6.03 Å². The minimum atomic E-state index is 0.0954. The molecule has 0 aliphatic carbocycles. The number of nitrogens with one attached hydrogen (secondary N) is 1. The molecule has 2 fully saturated rings.